The highest BCUT2D eigenvalue weighted by Crippen LogP contribution is 2.30. The third-order valence-electron chi connectivity index (χ3n) is 5.83. The van der Waals surface area contributed by atoms with Crippen LogP contribution in [0.25, 0.3) is 5.69 Å². The summed E-state index contributed by atoms with van der Waals surface area (Å²) >= 11 is 1.57. The zero-order valence-corrected chi connectivity index (χ0v) is 19.6. The quantitative estimate of drug-likeness (QED) is 0.511. The maximum Gasteiger partial charge on any atom is 0.254 e. The van der Waals surface area contributed by atoms with Gasteiger partial charge in [0.1, 0.15) is 11.6 Å². The van der Waals surface area contributed by atoms with E-state index in [1.54, 1.807) is 18.9 Å². The van der Waals surface area contributed by atoms with E-state index in [4.69, 9.17) is 4.74 Å². The fourth-order valence-corrected chi connectivity index (χ4v) is 4.96. The van der Waals surface area contributed by atoms with E-state index in [-0.39, 0.29) is 5.91 Å². The summed E-state index contributed by atoms with van der Waals surface area (Å²) in [4.78, 5) is 17.6. The minimum absolute atomic E-state index is 0.110. The van der Waals surface area contributed by atoms with Gasteiger partial charge in [-0.25, -0.2) is 0 Å². The van der Waals surface area contributed by atoms with Crippen LogP contribution in [0.5, 0.6) is 5.75 Å². The summed E-state index contributed by atoms with van der Waals surface area (Å²) in [6.45, 7) is 8.53. The molecule has 0 radical (unpaired) electrons. The van der Waals surface area contributed by atoms with Gasteiger partial charge in [-0.3, -0.25) is 9.36 Å². The van der Waals surface area contributed by atoms with Gasteiger partial charge in [0.2, 0.25) is 0 Å². The number of piperazine rings is 1. The number of carbonyl (C=O) groups is 1. The van der Waals surface area contributed by atoms with Gasteiger partial charge < -0.3 is 14.5 Å². The predicted octanol–water partition coefficient (Wildman–Crippen LogP) is 3.65. The number of para-hydroxylation sites is 2. The van der Waals surface area contributed by atoms with Crippen LogP contribution in [0, 0.1) is 6.92 Å². The lowest BCUT2D eigenvalue weighted by Gasteiger charge is -2.34. The molecule has 0 spiro atoms. The first-order valence-corrected chi connectivity index (χ1v) is 11.9. The average Bonchev–Trinajstić information content (AvgIpc) is 3.22. The second-order valence-electron chi connectivity index (χ2n) is 7.71. The maximum absolute atomic E-state index is 13.3. The van der Waals surface area contributed by atoms with Crippen molar-refractivity contribution in [2.75, 3.05) is 39.8 Å². The summed E-state index contributed by atoms with van der Waals surface area (Å²) in [7, 11) is 1.66. The lowest BCUT2D eigenvalue weighted by atomic mass is 10.1. The van der Waals surface area contributed by atoms with Crippen molar-refractivity contribution in [2.45, 2.75) is 24.8 Å². The summed E-state index contributed by atoms with van der Waals surface area (Å²) in [6.07, 6.45) is 0. The molecule has 0 bridgehead atoms. The Morgan fingerprint density at radius 1 is 1.03 bits per heavy atom. The molecule has 4 rings (SSSR count). The number of benzene rings is 2. The molecule has 8 heteroatoms. The highest BCUT2D eigenvalue weighted by Gasteiger charge is 2.23. The first-order valence-electron chi connectivity index (χ1n) is 10.9. The van der Waals surface area contributed by atoms with Crippen molar-refractivity contribution < 1.29 is 9.53 Å². The van der Waals surface area contributed by atoms with E-state index in [2.05, 4.69) is 22.0 Å². The Morgan fingerprint density at radius 2 is 1.75 bits per heavy atom. The van der Waals surface area contributed by atoms with Crippen molar-refractivity contribution in [2.24, 2.45) is 0 Å². The van der Waals surface area contributed by atoms with Gasteiger partial charge in [0.25, 0.3) is 5.91 Å². The van der Waals surface area contributed by atoms with Crippen LogP contribution in [0.15, 0.2) is 53.7 Å². The highest BCUT2D eigenvalue weighted by atomic mass is 32.2. The van der Waals surface area contributed by atoms with Gasteiger partial charge in [-0.1, -0.05) is 49.0 Å². The van der Waals surface area contributed by atoms with Gasteiger partial charge in [0.05, 0.1) is 12.8 Å². The number of thioether (sulfide) groups is 1. The van der Waals surface area contributed by atoms with Crippen molar-refractivity contribution >= 4 is 17.7 Å². The third kappa shape index (κ3) is 4.66. The molecule has 2 heterocycles. The second kappa shape index (κ2) is 10.2. The molecule has 1 fully saturated rings. The minimum Gasteiger partial charge on any atom is -0.495 e. The van der Waals surface area contributed by atoms with Crippen molar-refractivity contribution in [3.05, 3.63) is 65.5 Å². The Hall–Kier alpha value is -2.84. The van der Waals surface area contributed by atoms with Crippen LogP contribution in [0.3, 0.4) is 0 Å². The fraction of sp³-hybridized carbons (Fsp3) is 0.375. The number of amides is 1. The SMILES string of the molecule is CCN1CCN(C(=O)c2ccccc2CSc2nnc(C)n2-c2ccccc2OC)CC1. The largest absolute Gasteiger partial charge is 0.495 e. The number of nitrogens with zero attached hydrogens (tertiary/aromatic N) is 5. The first-order chi connectivity index (χ1) is 15.6. The van der Waals surface area contributed by atoms with Crippen molar-refractivity contribution in [3.63, 3.8) is 0 Å². The van der Waals surface area contributed by atoms with Crippen LogP contribution in [-0.4, -0.2) is 70.3 Å². The monoisotopic (exact) mass is 451 g/mol. The van der Waals surface area contributed by atoms with Gasteiger partial charge in [-0.2, -0.15) is 0 Å². The number of aryl methyl sites for hydroxylation is 1. The van der Waals surface area contributed by atoms with Crippen LogP contribution < -0.4 is 4.74 Å². The molecule has 0 atom stereocenters. The van der Waals surface area contributed by atoms with Gasteiger partial charge in [-0.05, 0) is 37.2 Å². The number of rotatable bonds is 7. The Kier molecular flexibility index (Phi) is 7.12. The number of likely N-dealkylation sites (N-methyl/N-ethyl adjacent to an activating group) is 1. The molecular weight excluding hydrogens is 422 g/mol. The molecule has 1 aliphatic rings. The molecule has 3 aromatic rings. The second-order valence-corrected chi connectivity index (χ2v) is 8.65. The Morgan fingerprint density at radius 3 is 2.50 bits per heavy atom. The van der Waals surface area contributed by atoms with E-state index in [1.807, 2.05) is 64.9 Å². The van der Waals surface area contributed by atoms with Crippen LogP contribution in [-0.2, 0) is 5.75 Å². The number of aromatic nitrogens is 3. The molecule has 168 valence electrons. The van der Waals surface area contributed by atoms with E-state index in [9.17, 15) is 4.79 Å². The number of methoxy groups -OCH3 is 1. The molecule has 7 nitrogen and oxygen atoms in total. The molecule has 0 N–H and O–H groups in total. The molecule has 0 saturated carbocycles. The molecular formula is C24H29N5O2S. The fourth-order valence-electron chi connectivity index (χ4n) is 3.96. The molecule has 1 aromatic heterocycles. The normalized spacial score (nSPS) is 14.5. The van der Waals surface area contributed by atoms with Crippen molar-refractivity contribution in [3.8, 4) is 11.4 Å². The minimum atomic E-state index is 0.110. The third-order valence-corrected chi connectivity index (χ3v) is 6.81. The van der Waals surface area contributed by atoms with Crippen LogP contribution in [0.1, 0.15) is 28.7 Å². The topological polar surface area (TPSA) is 63.5 Å². The lowest BCUT2D eigenvalue weighted by Crippen LogP contribution is -2.48. The highest BCUT2D eigenvalue weighted by molar-refractivity contribution is 7.98. The molecule has 0 unspecified atom stereocenters. The summed E-state index contributed by atoms with van der Waals surface area (Å²) < 4.78 is 7.53. The molecule has 1 aliphatic heterocycles. The first kappa shape index (κ1) is 22.4. The van der Waals surface area contributed by atoms with Crippen molar-refractivity contribution in [1.29, 1.82) is 0 Å². The molecule has 32 heavy (non-hydrogen) atoms. The number of carbonyl (C=O) groups excluding carboxylic acids is 1. The maximum atomic E-state index is 13.3. The molecule has 1 amide bonds. The summed E-state index contributed by atoms with van der Waals surface area (Å²) in [5.74, 6) is 2.29. The van der Waals surface area contributed by atoms with Crippen LogP contribution in [0.2, 0.25) is 0 Å². The Labute approximate surface area is 193 Å². The number of ether oxygens (including phenoxy) is 1. The predicted molar refractivity (Wildman–Crippen MR) is 127 cm³/mol. The number of hydrogen-bond donors (Lipinski definition) is 0. The average molecular weight is 452 g/mol. The Bertz CT molecular complexity index is 1080. The smallest absolute Gasteiger partial charge is 0.254 e. The summed E-state index contributed by atoms with van der Waals surface area (Å²) in [6, 6.07) is 15.7. The van der Waals surface area contributed by atoms with Gasteiger partial charge in [-0.15, -0.1) is 10.2 Å². The van der Waals surface area contributed by atoms with Gasteiger partial charge >= 0.3 is 0 Å². The van der Waals surface area contributed by atoms with Gasteiger partial charge in [0, 0.05) is 37.5 Å². The Balaban J connectivity index is 1.53. The molecule has 2 aromatic carbocycles. The standard InChI is InChI=1S/C24H29N5O2S/c1-4-27-13-15-28(16-14-27)23(30)20-10-6-5-9-19(20)17-32-24-26-25-18(2)29(24)21-11-7-8-12-22(21)31-3/h5-12H,4,13-17H2,1-3H3. The zero-order valence-electron chi connectivity index (χ0n) is 18.8. The van der Waals surface area contributed by atoms with E-state index in [0.717, 1.165) is 66.3 Å². The van der Waals surface area contributed by atoms with E-state index in [0.29, 0.717) is 5.75 Å². The summed E-state index contributed by atoms with van der Waals surface area (Å²) in [5, 5.41) is 9.44. The van der Waals surface area contributed by atoms with Crippen LogP contribution >= 0.6 is 11.8 Å². The van der Waals surface area contributed by atoms with Crippen LogP contribution in [0.4, 0.5) is 0 Å². The lowest BCUT2D eigenvalue weighted by molar-refractivity contribution is 0.0642. The van der Waals surface area contributed by atoms with Crippen molar-refractivity contribution in [1.82, 2.24) is 24.6 Å². The number of hydrogen-bond acceptors (Lipinski definition) is 6. The summed E-state index contributed by atoms with van der Waals surface area (Å²) in [5.41, 5.74) is 2.68. The van der Waals surface area contributed by atoms with E-state index in [1.165, 1.54) is 0 Å². The van der Waals surface area contributed by atoms with E-state index >= 15 is 0 Å². The molecule has 0 aliphatic carbocycles. The zero-order chi connectivity index (χ0) is 22.5. The van der Waals surface area contributed by atoms with E-state index < -0.39 is 0 Å². The van der Waals surface area contributed by atoms with Gasteiger partial charge in [0.15, 0.2) is 5.16 Å². The molecule has 1 saturated heterocycles.